The van der Waals surface area contributed by atoms with Crippen molar-refractivity contribution in [1.82, 2.24) is 19.3 Å². The third-order valence-corrected chi connectivity index (χ3v) is 3.53. The summed E-state index contributed by atoms with van der Waals surface area (Å²) in [4.78, 5) is 3.22. The molecule has 0 atom stereocenters. The fraction of sp³-hybridized carbons (Fsp3) is 0.286. The van der Waals surface area contributed by atoms with Crippen LogP contribution in [0.25, 0.3) is 16.9 Å². The summed E-state index contributed by atoms with van der Waals surface area (Å²) in [7, 11) is 1.91. The van der Waals surface area contributed by atoms with Crippen LogP contribution in [0.2, 0.25) is 0 Å². The molecule has 0 aliphatic heterocycles. The van der Waals surface area contributed by atoms with E-state index in [9.17, 15) is 0 Å². The lowest BCUT2D eigenvalue weighted by atomic mass is 10.3. The Morgan fingerprint density at radius 1 is 1.35 bits per heavy atom. The van der Waals surface area contributed by atoms with E-state index in [0.29, 0.717) is 11.4 Å². The highest BCUT2D eigenvalue weighted by molar-refractivity contribution is 7.71. The monoisotopic (exact) mass is 288 g/mol. The molecule has 0 saturated heterocycles. The van der Waals surface area contributed by atoms with Crippen molar-refractivity contribution in [2.24, 2.45) is 7.05 Å². The SMILES string of the molecule is CCOc1ccccc1-n1c(=S)[nH]c2c(C)nn(C)c21. The van der Waals surface area contributed by atoms with Gasteiger partial charge >= 0.3 is 0 Å². The van der Waals surface area contributed by atoms with E-state index in [1.807, 2.05) is 54.4 Å². The molecule has 0 radical (unpaired) electrons. The molecule has 104 valence electrons. The Bertz CT molecular complexity index is 827. The third kappa shape index (κ3) is 1.84. The summed E-state index contributed by atoms with van der Waals surface area (Å²) in [6.45, 7) is 4.55. The van der Waals surface area contributed by atoms with Crippen molar-refractivity contribution in [2.75, 3.05) is 6.61 Å². The van der Waals surface area contributed by atoms with Gasteiger partial charge in [0.1, 0.15) is 11.3 Å². The number of para-hydroxylation sites is 2. The number of hydrogen-bond acceptors (Lipinski definition) is 3. The van der Waals surface area contributed by atoms with E-state index >= 15 is 0 Å². The maximum Gasteiger partial charge on any atom is 0.184 e. The van der Waals surface area contributed by atoms with Gasteiger partial charge in [-0.2, -0.15) is 5.10 Å². The molecule has 1 aromatic carbocycles. The van der Waals surface area contributed by atoms with E-state index in [2.05, 4.69) is 10.1 Å². The van der Waals surface area contributed by atoms with Crippen LogP contribution in [0.4, 0.5) is 0 Å². The summed E-state index contributed by atoms with van der Waals surface area (Å²) in [5.41, 5.74) is 3.76. The lowest BCUT2D eigenvalue weighted by molar-refractivity contribution is 0.339. The zero-order valence-corrected chi connectivity index (χ0v) is 12.5. The number of aromatic nitrogens is 4. The number of rotatable bonds is 3. The Hall–Kier alpha value is -2.08. The first-order valence-electron chi connectivity index (χ1n) is 6.50. The molecule has 2 heterocycles. The summed E-state index contributed by atoms with van der Waals surface area (Å²) < 4.78 is 10.1. The number of ether oxygens (including phenoxy) is 1. The number of nitrogens with zero attached hydrogens (tertiary/aromatic N) is 3. The van der Waals surface area contributed by atoms with Gasteiger partial charge in [0, 0.05) is 7.05 Å². The summed E-state index contributed by atoms with van der Waals surface area (Å²) in [5, 5.41) is 4.43. The van der Waals surface area contributed by atoms with Crippen molar-refractivity contribution in [1.29, 1.82) is 0 Å². The summed E-state index contributed by atoms with van der Waals surface area (Å²) >= 11 is 5.46. The minimum Gasteiger partial charge on any atom is -0.492 e. The van der Waals surface area contributed by atoms with Crippen LogP contribution in [0.3, 0.4) is 0 Å². The lowest BCUT2D eigenvalue weighted by Crippen LogP contribution is -2.03. The Balaban J connectivity index is 2.35. The lowest BCUT2D eigenvalue weighted by Gasteiger charge is -2.11. The third-order valence-electron chi connectivity index (χ3n) is 3.24. The van der Waals surface area contributed by atoms with Crippen LogP contribution >= 0.6 is 12.2 Å². The van der Waals surface area contributed by atoms with Crippen LogP contribution in [0.15, 0.2) is 24.3 Å². The van der Waals surface area contributed by atoms with E-state index in [4.69, 9.17) is 17.0 Å². The largest absolute Gasteiger partial charge is 0.492 e. The zero-order chi connectivity index (χ0) is 14.3. The molecule has 1 N–H and O–H groups in total. The Labute approximate surface area is 121 Å². The van der Waals surface area contributed by atoms with Gasteiger partial charge in [-0.15, -0.1) is 0 Å². The van der Waals surface area contributed by atoms with Crippen LogP contribution in [0, 0.1) is 11.7 Å². The van der Waals surface area contributed by atoms with Crippen LogP contribution in [-0.2, 0) is 7.05 Å². The number of H-pyrrole nitrogens is 1. The molecule has 0 spiro atoms. The topological polar surface area (TPSA) is 47.8 Å². The highest BCUT2D eigenvalue weighted by Crippen LogP contribution is 2.27. The molecular formula is C14H16N4OS. The molecule has 0 unspecified atom stereocenters. The van der Waals surface area contributed by atoms with Gasteiger partial charge in [0.05, 0.1) is 18.0 Å². The molecule has 0 aliphatic carbocycles. The van der Waals surface area contributed by atoms with E-state index in [1.165, 1.54) is 0 Å². The number of aromatic amines is 1. The maximum absolute atomic E-state index is 5.70. The number of nitrogens with one attached hydrogen (secondary N) is 1. The maximum atomic E-state index is 5.70. The highest BCUT2D eigenvalue weighted by atomic mass is 32.1. The van der Waals surface area contributed by atoms with Crippen LogP contribution in [0.5, 0.6) is 5.75 Å². The Kier molecular flexibility index (Phi) is 3.10. The minimum atomic E-state index is 0.613. The number of aryl methyl sites for hydroxylation is 2. The van der Waals surface area contributed by atoms with Gasteiger partial charge < -0.3 is 9.72 Å². The van der Waals surface area contributed by atoms with Gasteiger partial charge in [-0.1, -0.05) is 12.1 Å². The Morgan fingerprint density at radius 2 is 2.10 bits per heavy atom. The van der Waals surface area contributed by atoms with Crippen LogP contribution < -0.4 is 4.74 Å². The molecule has 6 heteroatoms. The molecule has 0 bridgehead atoms. The molecule has 20 heavy (non-hydrogen) atoms. The van der Waals surface area contributed by atoms with Gasteiger partial charge in [0.15, 0.2) is 10.4 Å². The van der Waals surface area contributed by atoms with Gasteiger partial charge in [-0.05, 0) is 38.2 Å². The smallest absolute Gasteiger partial charge is 0.184 e. The first kappa shape index (κ1) is 12.9. The standard InChI is InChI=1S/C14H16N4OS/c1-4-19-11-8-6-5-7-10(11)18-13-12(15-14(18)20)9(2)16-17(13)3/h5-8H,4H2,1-3H3,(H,15,20). The summed E-state index contributed by atoms with van der Waals surface area (Å²) in [6.07, 6.45) is 0. The van der Waals surface area contributed by atoms with Gasteiger partial charge in [-0.25, -0.2) is 4.68 Å². The first-order valence-corrected chi connectivity index (χ1v) is 6.90. The van der Waals surface area contributed by atoms with Crippen molar-refractivity contribution in [2.45, 2.75) is 13.8 Å². The van der Waals surface area contributed by atoms with Crippen LogP contribution in [0.1, 0.15) is 12.6 Å². The molecule has 5 nitrogen and oxygen atoms in total. The molecule has 0 fully saturated rings. The normalized spacial score (nSPS) is 11.2. The second kappa shape index (κ2) is 4.79. The van der Waals surface area contributed by atoms with E-state index < -0.39 is 0 Å². The van der Waals surface area contributed by atoms with Crippen molar-refractivity contribution in [3.8, 4) is 11.4 Å². The zero-order valence-electron chi connectivity index (χ0n) is 11.7. The molecule has 2 aromatic heterocycles. The van der Waals surface area contributed by atoms with Crippen molar-refractivity contribution in [3.05, 3.63) is 34.7 Å². The van der Waals surface area contributed by atoms with Gasteiger partial charge in [0.25, 0.3) is 0 Å². The molecule has 0 amide bonds. The van der Waals surface area contributed by atoms with Gasteiger partial charge in [-0.3, -0.25) is 4.57 Å². The second-order valence-corrected chi connectivity index (χ2v) is 4.96. The molecule has 3 aromatic rings. The number of imidazole rings is 1. The summed E-state index contributed by atoms with van der Waals surface area (Å²) in [5.74, 6) is 0.811. The molecular weight excluding hydrogens is 272 g/mol. The average Bonchev–Trinajstić information content (AvgIpc) is 2.89. The first-order chi connectivity index (χ1) is 9.63. The predicted molar refractivity (Wildman–Crippen MR) is 81.1 cm³/mol. The highest BCUT2D eigenvalue weighted by Gasteiger charge is 2.16. The molecule has 0 aliphatic rings. The quantitative estimate of drug-likeness (QED) is 0.753. The van der Waals surface area contributed by atoms with Gasteiger partial charge in [0.2, 0.25) is 0 Å². The minimum absolute atomic E-state index is 0.613. The fourth-order valence-electron chi connectivity index (χ4n) is 2.45. The van der Waals surface area contributed by atoms with Crippen molar-refractivity contribution in [3.63, 3.8) is 0 Å². The van der Waals surface area contributed by atoms with E-state index in [0.717, 1.165) is 28.3 Å². The predicted octanol–water partition coefficient (Wildman–Crippen LogP) is 3.13. The average molecular weight is 288 g/mol. The Morgan fingerprint density at radius 3 is 2.85 bits per heavy atom. The number of fused-ring (bicyclic) bond motifs is 1. The number of benzene rings is 1. The fourth-order valence-corrected chi connectivity index (χ4v) is 2.74. The molecule has 3 rings (SSSR count). The van der Waals surface area contributed by atoms with E-state index in [1.54, 1.807) is 0 Å². The number of hydrogen-bond donors (Lipinski definition) is 1. The second-order valence-electron chi connectivity index (χ2n) is 4.57. The summed E-state index contributed by atoms with van der Waals surface area (Å²) in [6, 6.07) is 7.87. The van der Waals surface area contributed by atoms with Crippen LogP contribution in [-0.4, -0.2) is 25.9 Å². The van der Waals surface area contributed by atoms with Crippen molar-refractivity contribution < 1.29 is 4.74 Å². The molecule has 0 saturated carbocycles. The van der Waals surface area contributed by atoms with E-state index in [-0.39, 0.29) is 0 Å². The van der Waals surface area contributed by atoms with Crippen molar-refractivity contribution >= 4 is 23.4 Å².